The molecule has 0 aliphatic carbocycles. The molecular formula is C22H20ClN5O3S. The van der Waals surface area contributed by atoms with E-state index in [0.717, 1.165) is 11.3 Å². The minimum atomic E-state index is -0.201. The third-order valence-electron chi connectivity index (χ3n) is 4.45. The van der Waals surface area contributed by atoms with Gasteiger partial charge in [-0.3, -0.25) is 4.79 Å². The Morgan fingerprint density at radius 1 is 1.12 bits per heavy atom. The Kier molecular flexibility index (Phi) is 6.77. The van der Waals surface area contributed by atoms with E-state index >= 15 is 0 Å². The standard InChI is InChI=1S/C22H20ClN5O3S/c1-3-31-16-7-4-14(5-8-16)22-26-25-19-10-11-21(27-28(19)22)32-13-20(29)24-17-12-15(23)6-9-18(17)30-2/h4-12H,3,13H2,1-2H3,(H,24,29). The van der Waals surface area contributed by atoms with Crippen molar-refractivity contribution in [1.29, 1.82) is 0 Å². The Morgan fingerprint density at radius 2 is 1.94 bits per heavy atom. The third kappa shape index (κ3) is 4.95. The average Bonchev–Trinajstić information content (AvgIpc) is 3.22. The van der Waals surface area contributed by atoms with Gasteiger partial charge in [-0.1, -0.05) is 23.4 Å². The number of ether oxygens (including phenoxy) is 2. The van der Waals surface area contributed by atoms with E-state index in [9.17, 15) is 4.79 Å². The number of carbonyl (C=O) groups excluding carboxylic acids is 1. The number of hydrogen-bond acceptors (Lipinski definition) is 7. The summed E-state index contributed by atoms with van der Waals surface area (Å²) >= 11 is 7.32. The fourth-order valence-electron chi connectivity index (χ4n) is 3.00. The van der Waals surface area contributed by atoms with Gasteiger partial charge in [-0.2, -0.15) is 9.61 Å². The van der Waals surface area contributed by atoms with Gasteiger partial charge in [0.1, 0.15) is 16.5 Å². The van der Waals surface area contributed by atoms with Crippen molar-refractivity contribution in [3.8, 4) is 22.9 Å². The maximum absolute atomic E-state index is 12.5. The zero-order valence-electron chi connectivity index (χ0n) is 17.4. The number of nitrogens with one attached hydrogen (secondary N) is 1. The number of fused-ring (bicyclic) bond motifs is 1. The number of thioether (sulfide) groups is 1. The van der Waals surface area contributed by atoms with Gasteiger partial charge < -0.3 is 14.8 Å². The largest absolute Gasteiger partial charge is 0.495 e. The highest BCUT2D eigenvalue weighted by Gasteiger charge is 2.13. The number of amides is 1. The predicted octanol–water partition coefficient (Wildman–Crippen LogP) is 4.58. The van der Waals surface area contributed by atoms with Crippen LogP contribution in [0.15, 0.2) is 59.6 Å². The van der Waals surface area contributed by atoms with Gasteiger partial charge in [-0.05, 0) is 61.5 Å². The summed E-state index contributed by atoms with van der Waals surface area (Å²) < 4.78 is 12.4. The molecule has 1 N–H and O–H groups in total. The van der Waals surface area contributed by atoms with E-state index in [4.69, 9.17) is 21.1 Å². The van der Waals surface area contributed by atoms with Gasteiger partial charge in [0.25, 0.3) is 0 Å². The monoisotopic (exact) mass is 469 g/mol. The van der Waals surface area contributed by atoms with E-state index in [1.165, 1.54) is 18.9 Å². The highest BCUT2D eigenvalue weighted by molar-refractivity contribution is 7.99. The molecule has 4 aromatic rings. The lowest BCUT2D eigenvalue weighted by atomic mass is 10.2. The SMILES string of the molecule is CCOc1ccc(-c2nnc3ccc(SCC(=O)Nc4cc(Cl)ccc4OC)nn23)cc1. The van der Waals surface area contributed by atoms with Crippen LogP contribution >= 0.6 is 23.4 Å². The van der Waals surface area contributed by atoms with Crippen LogP contribution in [-0.4, -0.2) is 45.2 Å². The number of rotatable bonds is 8. The van der Waals surface area contributed by atoms with Crippen molar-refractivity contribution < 1.29 is 14.3 Å². The van der Waals surface area contributed by atoms with Gasteiger partial charge in [0.2, 0.25) is 5.91 Å². The summed E-state index contributed by atoms with van der Waals surface area (Å²) in [4.78, 5) is 12.5. The van der Waals surface area contributed by atoms with Crippen molar-refractivity contribution in [1.82, 2.24) is 19.8 Å². The van der Waals surface area contributed by atoms with Gasteiger partial charge in [-0.25, -0.2) is 0 Å². The van der Waals surface area contributed by atoms with Crippen LogP contribution in [-0.2, 0) is 4.79 Å². The molecule has 2 heterocycles. The normalized spacial score (nSPS) is 10.8. The average molecular weight is 470 g/mol. The Bertz CT molecular complexity index is 1250. The van der Waals surface area contributed by atoms with Crippen LogP contribution < -0.4 is 14.8 Å². The van der Waals surface area contributed by atoms with Gasteiger partial charge in [0, 0.05) is 10.6 Å². The van der Waals surface area contributed by atoms with Crippen molar-refractivity contribution in [2.75, 3.05) is 24.8 Å². The van der Waals surface area contributed by atoms with Crippen LogP contribution in [0.4, 0.5) is 5.69 Å². The van der Waals surface area contributed by atoms with Crippen LogP contribution in [0.5, 0.6) is 11.5 Å². The lowest BCUT2D eigenvalue weighted by Gasteiger charge is -2.10. The second-order valence-electron chi connectivity index (χ2n) is 6.60. The molecule has 8 nitrogen and oxygen atoms in total. The predicted molar refractivity (Wildman–Crippen MR) is 125 cm³/mol. The topological polar surface area (TPSA) is 90.6 Å². The molecule has 0 saturated heterocycles. The number of anilines is 1. The van der Waals surface area contributed by atoms with Gasteiger partial charge >= 0.3 is 0 Å². The van der Waals surface area contributed by atoms with Crippen molar-refractivity contribution in [3.05, 3.63) is 59.6 Å². The van der Waals surface area contributed by atoms with Crippen LogP contribution in [0.25, 0.3) is 17.0 Å². The number of benzene rings is 2. The molecule has 0 radical (unpaired) electrons. The van der Waals surface area contributed by atoms with E-state index in [0.29, 0.717) is 39.6 Å². The Morgan fingerprint density at radius 3 is 2.69 bits per heavy atom. The lowest BCUT2D eigenvalue weighted by Crippen LogP contribution is -2.15. The number of methoxy groups -OCH3 is 1. The first-order chi connectivity index (χ1) is 15.6. The summed E-state index contributed by atoms with van der Waals surface area (Å²) in [5.41, 5.74) is 2.00. The summed E-state index contributed by atoms with van der Waals surface area (Å²) in [5, 5.41) is 17.0. The van der Waals surface area contributed by atoms with Crippen molar-refractivity contribution in [2.24, 2.45) is 0 Å². The quantitative estimate of drug-likeness (QED) is 0.377. The molecule has 0 atom stereocenters. The maximum atomic E-state index is 12.5. The zero-order chi connectivity index (χ0) is 22.5. The molecule has 2 aromatic heterocycles. The molecule has 2 aromatic carbocycles. The number of aromatic nitrogens is 4. The van der Waals surface area contributed by atoms with Gasteiger partial charge in [0.05, 0.1) is 25.2 Å². The molecule has 0 fully saturated rings. The van der Waals surface area contributed by atoms with Crippen LogP contribution in [0.2, 0.25) is 5.02 Å². The Balaban J connectivity index is 1.48. The fraction of sp³-hybridized carbons (Fsp3) is 0.182. The van der Waals surface area contributed by atoms with Crippen molar-refractivity contribution >= 4 is 40.6 Å². The summed E-state index contributed by atoms with van der Waals surface area (Å²) in [5.74, 6) is 1.90. The number of hydrogen-bond donors (Lipinski definition) is 1. The lowest BCUT2D eigenvalue weighted by molar-refractivity contribution is -0.113. The van der Waals surface area contributed by atoms with E-state index < -0.39 is 0 Å². The molecule has 1 amide bonds. The van der Waals surface area contributed by atoms with Gasteiger partial charge in [-0.15, -0.1) is 10.2 Å². The van der Waals surface area contributed by atoms with E-state index in [-0.39, 0.29) is 11.7 Å². The summed E-state index contributed by atoms with van der Waals surface area (Å²) in [6.07, 6.45) is 0. The molecule has 10 heteroatoms. The summed E-state index contributed by atoms with van der Waals surface area (Å²) in [6, 6.07) is 16.3. The molecule has 0 aliphatic heterocycles. The molecule has 164 valence electrons. The van der Waals surface area contributed by atoms with Crippen molar-refractivity contribution in [3.63, 3.8) is 0 Å². The molecule has 0 spiro atoms. The number of nitrogens with zero attached hydrogens (tertiary/aromatic N) is 4. The Labute approximate surface area is 193 Å². The van der Waals surface area contributed by atoms with Crippen LogP contribution in [0, 0.1) is 0 Å². The first kappa shape index (κ1) is 21.9. The molecule has 4 rings (SSSR count). The van der Waals surface area contributed by atoms with E-state index in [2.05, 4.69) is 20.6 Å². The van der Waals surface area contributed by atoms with E-state index in [1.54, 1.807) is 22.7 Å². The number of carbonyl (C=O) groups is 1. The van der Waals surface area contributed by atoms with Crippen LogP contribution in [0.3, 0.4) is 0 Å². The zero-order valence-corrected chi connectivity index (χ0v) is 19.0. The molecule has 0 bridgehead atoms. The summed E-state index contributed by atoms with van der Waals surface area (Å²) in [7, 11) is 1.54. The second-order valence-corrected chi connectivity index (χ2v) is 8.04. The highest BCUT2D eigenvalue weighted by Crippen LogP contribution is 2.28. The van der Waals surface area contributed by atoms with Crippen LogP contribution in [0.1, 0.15) is 6.92 Å². The number of halogens is 1. The third-order valence-corrected chi connectivity index (χ3v) is 5.60. The first-order valence-electron chi connectivity index (χ1n) is 9.79. The first-order valence-corrected chi connectivity index (χ1v) is 11.2. The minimum absolute atomic E-state index is 0.161. The maximum Gasteiger partial charge on any atom is 0.234 e. The van der Waals surface area contributed by atoms with E-state index in [1.807, 2.05) is 43.3 Å². The van der Waals surface area contributed by atoms with Gasteiger partial charge in [0.15, 0.2) is 11.5 Å². The molecule has 0 unspecified atom stereocenters. The smallest absolute Gasteiger partial charge is 0.234 e. The summed E-state index contributed by atoms with van der Waals surface area (Å²) in [6.45, 7) is 2.54. The second kappa shape index (κ2) is 9.88. The Hall–Kier alpha value is -3.30. The molecule has 0 saturated carbocycles. The molecular weight excluding hydrogens is 450 g/mol. The van der Waals surface area contributed by atoms with Crippen molar-refractivity contribution in [2.45, 2.75) is 11.9 Å². The molecule has 0 aliphatic rings. The fourth-order valence-corrected chi connectivity index (χ4v) is 3.83. The highest BCUT2D eigenvalue weighted by atomic mass is 35.5. The molecule has 32 heavy (non-hydrogen) atoms. The minimum Gasteiger partial charge on any atom is -0.495 e.